The van der Waals surface area contributed by atoms with E-state index < -0.39 is 0 Å². The summed E-state index contributed by atoms with van der Waals surface area (Å²) in [5.74, 6) is 0.827. The van der Waals surface area contributed by atoms with Crippen molar-refractivity contribution in [1.29, 1.82) is 0 Å². The van der Waals surface area contributed by atoms with E-state index >= 15 is 0 Å². The summed E-state index contributed by atoms with van der Waals surface area (Å²) in [6.45, 7) is 0.926. The number of pyridine rings is 1. The van der Waals surface area contributed by atoms with Crippen LogP contribution in [0, 0.1) is 0 Å². The van der Waals surface area contributed by atoms with Crippen LogP contribution in [0.3, 0.4) is 0 Å². The Hall–Kier alpha value is -2.03. The van der Waals surface area contributed by atoms with Crippen LogP contribution >= 0.6 is 0 Å². The smallest absolute Gasteiger partial charge is 0.182 e. The molecule has 0 amide bonds. The van der Waals surface area contributed by atoms with Gasteiger partial charge in [0.05, 0.1) is 12.8 Å². The molecular formula is C14H13NO2. The quantitative estimate of drug-likeness (QED) is 0.747. The molecule has 1 aliphatic heterocycles. The van der Waals surface area contributed by atoms with Gasteiger partial charge in [0.25, 0.3) is 0 Å². The molecule has 0 radical (unpaired) electrons. The number of hydrogen-bond acceptors (Lipinski definition) is 2. The Morgan fingerprint density at radius 1 is 1.24 bits per heavy atom. The van der Waals surface area contributed by atoms with Gasteiger partial charge in [-0.3, -0.25) is 4.79 Å². The minimum absolute atomic E-state index is 0.0481. The van der Waals surface area contributed by atoms with E-state index in [1.54, 1.807) is 19.2 Å². The summed E-state index contributed by atoms with van der Waals surface area (Å²) >= 11 is 0. The average molecular weight is 227 g/mol. The lowest BCUT2D eigenvalue weighted by molar-refractivity contribution is 0.414. The summed E-state index contributed by atoms with van der Waals surface area (Å²) < 4.78 is 7.35. The van der Waals surface area contributed by atoms with Gasteiger partial charge in [0.15, 0.2) is 5.43 Å². The molecule has 0 atom stereocenters. The summed E-state index contributed by atoms with van der Waals surface area (Å²) in [6, 6.07) is 9.34. The molecule has 0 N–H and O–H groups in total. The molecule has 0 saturated carbocycles. The molecule has 1 aromatic carbocycles. The molecule has 1 aromatic heterocycles. The Morgan fingerprint density at radius 3 is 2.94 bits per heavy atom. The molecule has 0 saturated heterocycles. The summed E-state index contributed by atoms with van der Waals surface area (Å²) in [5, 5.41) is 0. The van der Waals surface area contributed by atoms with Gasteiger partial charge in [0, 0.05) is 30.4 Å². The molecule has 0 spiro atoms. The van der Waals surface area contributed by atoms with E-state index in [-0.39, 0.29) is 5.43 Å². The second kappa shape index (κ2) is 3.77. The first-order chi connectivity index (χ1) is 8.28. The molecule has 0 fully saturated rings. The summed E-state index contributed by atoms with van der Waals surface area (Å²) in [7, 11) is 1.66. The van der Waals surface area contributed by atoms with Crippen LogP contribution < -0.4 is 10.2 Å². The van der Waals surface area contributed by atoms with E-state index in [0.717, 1.165) is 30.0 Å². The fraction of sp³-hybridized carbons (Fsp3) is 0.214. The molecule has 3 rings (SSSR count). The predicted octanol–water partition coefficient (Wildman–Crippen LogP) is 2.08. The van der Waals surface area contributed by atoms with Gasteiger partial charge >= 0.3 is 0 Å². The zero-order valence-corrected chi connectivity index (χ0v) is 9.64. The van der Waals surface area contributed by atoms with Crippen LogP contribution in [-0.4, -0.2) is 11.7 Å². The number of methoxy groups -OCH3 is 1. The second-order valence-corrected chi connectivity index (χ2v) is 4.21. The predicted molar refractivity (Wildman–Crippen MR) is 66.4 cm³/mol. The van der Waals surface area contributed by atoms with Crippen molar-refractivity contribution in [2.75, 3.05) is 7.11 Å². The van der Waals surface area contributed by atoms with Crippen molar-refractivity contribution in [1.82, 2.24) is 4.57 Å². The maximum absolute atomic E-state index is 11.5. The van der Waals surface area contributed by atoms with Crippen LogP contribution in [0.4, 0.5) is 0 Å². The Morgan fingerprint density at radius 2 is 2.12 bits per heavy atom. The van der Waals surface area contributed by atoms with Crippen molar-refractivity contribution in [2.45, 2.75) is 13.0 Å². The first-order valence-electron chi connectivity index (χ1n) is 5.66. The largest absolute Gasteiger partial charge is 0.497 e. The maximum atomic E-state index is 11.5. The van der Waals surface area contributed by atoms with Crippen LogP contribution in [0.1, 0.15) is 5.56 Å². The van der Waals surface area contributed by atoms with Gasteiger partial charge in [-0.05, 0) is 24.1 Å². The van der Waals surface area contributed by atoms with Crippen LogP contribution in [0.2, 0.25) is 0 Å². The van der Waals surface area contributed by atoms with E-state index in [1.807, 2.05) is 18.3 Å². The first-order valence-corrected chi connectivity index (χ1v) is 5.66. The Labute approximate surface area is 99.3 Å². The molecule has 0 bridgehead atoms. The van der Waals surface area contributed by atoms with Crippen LogP contribution in [0.5, 0.6) is 5.75 Å². The van der Waals surface area contributed by atoms with Crippen LogP contribution in [0.15, 0.2) is 41.3 Å². The molecule has 0 unspecified atom stereocenters. The lowest BCUT2D eigenvalue weighted by Gasteiger charge is -2.22. The van der Waals surface area contributed by atoms with Gasteiger partial charge in [0.1, 0.15) is 5.75 Å². The molecule has 2 aromatic rings. The molecule has 86 valence electrons. The second-order valence-electron chi connectivity index (χ2n) is 4.21. The first kappa shape index (κ1) is 10.1. The number of aromatic nitrogens is 1. The Kier molecular flexibility index (Phi) is 2.25. The average Bonchev–Trinajstić information content (AvgIpc) is 2.38. The third-order valence-corrected chi connectivity index (χ3v) is 3.22. The van der Waals surface area contributed by atoms with E-state index in [4.69, 9.17) is 4.74 Å². The standard InChI is InChI=1S/C14H13NO2/c1-17-12-3-2-10-4-6-15-7-5-11(16)8-14(15)13(10)9-12/h2-3,5,7-9H,4,6H2,1H3. The molecule has 0 aliphatic carbocycles. The van der Waals surface area contributed by atoms with Gasteiger partial charge < -0.3 is 9.30 Å². The lowest BCUT2D eigenvalue weighted by Crippen LogP contribution is -2.15. The molecule has 17 heavy (non-hydrogen) atoms. The summed E-state index contributed by atoms with van der Waals surface area (Å²) in [6.07, 6.45) is 2.86. The van der Waals surface area contributed by atoms with Gasteiger partial charge in [-0.15, -0.1) is 0 Å². The molecule has 3 nitrogen and oxygen atoms in total. The van der Waals surface area contributed by atoms with Crippen LogP contribution in [-0.2, 0) is 13.0 Å². The monoisotopic (exact) mass is 227 g/mol. The summed E-state index contributed by atoms with van der Waals surface area (Å²) in [5.41, 5.74) is 3.41. The third kappa shape index (κ3) is 1.64. The minimum atomic E-state index is 0.0481. The highest BCUT2D eigenvalue weighted by atomic mass is 16.5. The highest BCUT2D eigenvalue weighted by molar-refractivity contribution is 5.67. The molecule has 3 heteroatoms. The van der Waals surface area contributed by atoms with Gasteiger partial charge in [-0.25, -0.2) is 0 Å². The zero-order chi connectivity index (χ0) is 11.8. The topological polar surface area (TPSA) is 31.2 Å². The van der Waals surface area contributed by atoms with Gasteiger partial charge in [0.2, 0.25) is 0 Å². The van der Waals surface area contributed by atoms with Crippen molar-refractivity contribution < 1.29 is 4.74 Å². The number of aryl methyl sites for hydroxylation is 2. The van der Waals surface area contributed by atoms with Crippen LogP contribution in [0.25, 0.3) is 11.3 Å². The van der Waals surface area contributed by atoms with E-state index in [0.29, 0.717) is 0 Å². The van der Waals surface area contributed by atoms with Crippen molar-refractivity contribution >= 4 is 0 Å². The van der Waals surface area contributed by atoms with Gasteiger partial charge in [-0.2, -0.15) is 0 Å². The number of hydrogen-bond donors (Lipinski definition) is 0. The van der Waals surface area contributed by atoms with E-state index in [1.165, 1.54) is 5.56 Å². The third-order valence-electron chi connectivity index (χ3n) is 3.22. The highest BCUT2D eigenvalue weighted by Gasteiger charge is 2.15. The fourth-order valence-corrected chi connectivity index (χ4v) is 2.32. The Balaban J connectivity index is 2.26. The number of ether oxygens (including phenoxy) is 1. The number of nitrogens with zero attached hydrogens (tertiary/aromatic N) is 1. The zero-order valence-electron chi connectivity index (χ0n) is 9.64. The molecular weight excluding hydrogens is 214 g/mol. The SMILES string of the molecule is COc1ccc2c(c1)-c1cc(=O)ccn1CC2. The van der Waals surface area contributed by atoms with E-state index in [2.05, 4.69) is 10.6 Å². The summed E-state index contributed by atoms with van der Waals surface area (Å²) in [4.78, 5) is 11.5. The number of benzene rings is 1. The van der Waals surface area contributed by atoms with Crippen molar-refractivity contribution in [3.63, 3.8) is 0 Å². The number of fused-ring (bicyclic) bond motifs is 3. The van der Waals surface area contributed by atoms with Crippen molar-refractivity contribution in [3.8, 4) is 17.0 Å². The number of rotatable bonds is 1. The highest BCUT2D eigenvalue weighted by Crippen LogP contribution is 2.31. The Bertz CT molecular complexity index is 628. The maximum Gasteiger partial charge on any atom is 0.182 e. The van der Waals surface area contributed by atoms with Crippen molar-refractivity contribution in [3.05, 3.63) is 52.3 Å². The minimum Gasteiger partial charge on any atom is -0.497 e. The van der Waals surface area contributed by atoms with Crippen molar-refractivity contribution in [2.24, 2.45) is 0 Å². The van der Waals surface area contributed by atoms with Gasteiger partial charge in [-0.1, -0.05) is 6.07 Å². The van der Waals surface area contributed by atoms with E-state index in [9.17, 15) is 4.79 Å². The molecule has 1 aliphatic rings. The fourth-order valence-electron chi connectivity index (χ4n) is 2.32. The normalized spacial score (nSPS) is 12.8. The lowest BCUT2D eigenvalue weighted by atomic mass is 9.97. The molecule has 2 heterocycles.